The van der Waals surface area contributed by atoms with E-state index in [4.69, 9.17) is 0 Å². The maximum Gasteiger partial charge on any atom is 0.0570 e. The predicted octanol–water partition coefficient (Wildman–Crippen LogP) is 2.49. The molecule has 1 aromatic rings. The topological polar surface area (TPSA) is 24.9 Å². The fourth-order valence-corrected chi connectivity index (χ4v) is 3.11. The van der Waals surface area contributed by atoms with Gasteiger partial charge in [0.25, 0.3) is 0 Å². The SMILES string of the molecule is C[C@@H](NCC1CCSC1)c1ccccn1. The highest BCUT2D eigenvalue weighted by Gasteiger charge is 2.16. The van der Waals surface area contributed by atoms with Crippen molar-refractivity contribution >= 4 is 11.8 Å². The molecule has 0 saturated carbocycles. The lowest BCUT2D eigenvalue weighted by Crippen LogP contribution is -2.26. The van der Waals surface area contributed by atoms with Gasteiger partial charge in [-0.15, -0.1) is 0 Å². The lowest BCUT2D eigenvalue weighted by Gasteiger charge is -2.16. The van der Waals surface area contributed by atoms with Crippen molar-refractivity contribution < 1.29 is 0 Å². The van der Waals surface area contributed by atoms with E-state index >= 15 is 0 Å². The Hall–Kier alpha value is -0.540. The summed E-state index contributed by atoms with van der Waals surface area (Å²) >= 11 is 2.07. The third-order valence-electron chi connectivity index (χ3n) is 2.87. The van der Waals surface area contributed by atoms with Crippen LogP contribution in [0.3, 0.4) is 0 Å². The van der Waals surface area contributed by atoms with Crippen LogP contribution in [0.5, 0.6) is 0 Å². The Balaban J connectivity index is 1.79. The van der Waals surface area contributed by atoms with Gasteiger partial charge in [-0.3, -0.25) is 4.98 Å². The Labute approximate surface area is 95.9 Å². The van der Waals surface area contributed by atoms with Crippen LogP contribution >= 0.6 is 11.8 Å². The minimum Gasteiger partial charge on any atom is -0.309 e. The Bertz CT molecular complexity index is 283. The van der Waals surface area contributed by atoms with E-state index < -0.39 is 0 Å². The van der Waals surface area contributed by atoms with E-state index in [0.717, 1.165) is 18.2 Å². The van der Waals surface area contributed by atoms with Gasteiger partial charge >= 0.3 is 0 Å². The van der Waals surface area contributed by atoms with Crippen molar-refractivity contribution in [2.24, 2.45) is 5.92 Å². The molecule has 2 rings (SSSR count). The molecular weight excluding hydrogens is 204 g/mol. The van der Waals surface area contributed by atoms with Gasteiger partial charge in [-0.05, 0) is 49.4 Å². The van der Waals surface area contributed by atoms with Crippen LogP contribution in [0.15, 0.2) is 24.4 Å². The molecule has 1 unspecified atom stereocenters. The highest BCUT2D eigenvalue weighted by Crippen LogP contribution is 2.23. The Morgan fingerprint density at radius 3 is 3.20 bits per heavy atom. The third-order valence-corrected chi connectivity index (χ3v) is 4.10. The highest BCUT2D eigenvalue weighted by atomic mass is 32.2. The lowest BCUT2D eigenvalue weighted by atomic mass is 10.1. The molecule has 2 heterocycles. The van der Waals surface area contributed by atoms with Crippen LogP contribution in [0.25, 0.3) is 0 Å². The molecule has 3 heteroatoms. The molecule has 2 atom stereocenters. The molecule has 1 aliphatic rings. The van der Waals surface area contributed by atoms with Crippen LogP contribution in [-0.4, -0.2) is 23.0 Å². The first kappa shape index (κ1) is 11.0. The van der Waals surface area contributed by atoms with Crippen LogP contribution < -0.4 is 5.32 Å². The molecule has 2 nitrogen and oxygen atoms in total. The molecule has 15 heavy (non-hydrogen) atoms. The van der Waals surface area contributed by atoms with Gasteiger partial charge in [0.05, 0.1) is 5.69 Å². The van der Waals surface area contributed by atoms with Crippen molar-refractivity contribution in [1.29, 1.82) is 0 Å². The second-order valence-corrected chi connectivity index (χ2v) is 5.26. The zero-order valence-corrected chi connectivity index (χ0v) is 9.96. The van der Waals surface area contributed by atoms with E-state index in [2.05, 4.69) is 35.1 Å². The summed E-state index contributed by atoms with van der Waals surface area (Å²) in [5.41, 5.74) is 1.14. The average molecular weight is 222 g/mol. The molecule has 0 bridgehead atoms. The largest absolute Gasteiger partial charge is 0.309 e. The highest BCUT2D eigenvalue weighted by molar-refractivity contribution is 7.99. The molecule has 1 saturated heterocycles. The predicted molar refractivity (Wildman–Crippen MR) is 66.1 cm³/mol. The zero-order valence-electron chi connectivity index (χ0n) is 9.15. The number of thioether (sulfide) groups is 1. The van der Waals surface area contributed by atoms with Crippen LogP contribution in [0, 0.1) is 5.92 Å². The lowest BCUT2D eigenvalue weighted by molar-refractivity contribution is 0.472. The Morgan fingerprint density at radius 1 is 1.60 bits per heavy atom. The summed E-state index contributed by atoms with van der Waals surface area (Å²) in [5.74, 6) is 3.52. The summed E-state index contributed by atoms with van der Waals surface area (Å²) in [7, 11) is 0. The summed E-state index contributed by atoms with van der Waals surface area (Å²) < 4.78 is 0. The molecule has 0 amide bonds. The zero-order chi connectivity index (χ0) is 10.5. The number of nitrogens with one attached hydrogen (secondary N) is 1. The first-order chi connectivity index (χ1) is 7.36. The molecule has 0 radical (unpaired) electrons. The van der Waals surface area contributed by atoms with E-state index in [1.165, 1.54) is 17.9 Å². The molecular formula is C12H18N2S. The Kier molecular flexibility index (Phi) is 4.03. The molecule has 0 aromatic carbocycles. The Morgan fingerprint density at radius 2 is 2.53 bits per heavy atom. The van der Waals surface area contributed by atoms with Crippen LogP contribution in [0.2, 0.25) is 0 Å². The molecule has 0 aliphatic carbocycles. The van der Waals surface area contributed by atoms with E-state index in [-0.39, 0.29) is 0 Å². The molecule has 1 aliphatic heterocycles. The quantitative estimate of drug-likeness (QED) is 0.847. The first-order valence-corrected chi connectivity index (χ1v) is 6.74. The smallest absolute Gasteiger partial charge is 0.0570 e. The normalized spacial score (nSPS) is 22.9. The number of aromatic nitrogens is 1. The average Bonchev–Trinajstić information content (AvgIpc) is 2.80. The summed E-state index contributed by atoms with van der Waals surface area (Å²) in [6.45, 7) is 3.31. The van der Waals surface area contributed by atoms with Gasteiger partial charge in [0.1, 0.15) is 0 Å². The van der Waals surface area contributed by atoms with Crippen molar-refractivity contribution in [2.75, 3.05) is 18.1 Å². The fraction of sp³-hybridized carbons (Fsp3) is 0.583. The molecule has 82 valence electrons. The second-order valence-electron chi connectivity index (χ2n) is 4.11. The monoisotopic (exact) mass is 222 g/mol. The minimum absolute atomic E-state index is 0.372. The number of nitrogens with zero attached hydrogens (tertiary/aromatic N) is 1. The van der Waals surface area contributed by atoms with Crippen molar-refractivity contribution in [1.82, 2.24) is 10.3 Å². The molecule has 1 N–H and O–H groups in total. The van der Waals surface area contributed by atoms with E-state index in [9.17, 15) is 0 Å². The maximum atomic E-state index is 4.36. The second kappa shape index (κ2) is 5.52. The van der Waals surface area contributed by atoms with Gasteiger partial charge in [0, 0.05) is 12.2 Å². The molecule has 1 fully saturated rings. The van der Waals surface area contributed by atoms with Crippen LogP contribution in [-0.2, 0) is 0 Å². The summed E-state index contributed by atoms with van der Waals surface area (Å²) in [6.07, 6.45) is 3.23. The standard InChI is InChI=1S/C12H18N2S/c1-10(12-4-2-3-6-13-12)14-8-11-5-7-15-9-11/h2-4,6,10-11,14H,5,7-9H2,1H3/t10-,11?/m1/s1. The van der Waals surface area contributed by atoms with Gasteiger partial charge in [-0.2, -0.15) is 11.8 Å². The third kappa shape index (κ3) is 3.21. The van der Waals surface area contributed by atoms with Crippen molar-refractivity contribution in [3.63, 3.8) is 0 Å². The van der Waals surface area contributed by atoms with E-state index in [1.807, 2.05) is 18.3 Å². The van der Waals surface area contributed by atoms with Gasteiger partial charge in [-0.1, -0.05) is 6.07 Å². The molecule has 1 aromatic heterocycles. The van der Waals surface area contributed by atoms with Gasteiger partial charge in [0.2, 0.25) is 0 Å². The maximum absolute atomic E-state index is 4.36. The first-order valence-electron chi connectivity index (χ1n) is 5.58. The fourth-order valence-electron chi connectivity index (χ4n) is 1.82. The summed E-state index contributed by atoms with van der Waals surface area (Å²) in [5, 5.41) is 3.56. The number of hydrogen-bond donors (Lipinski definition) is 1. The van der Waals surface area contributed by atoms with Gasteiger partial charge < -0.3 is 5.32 Å². The van der Waals surface area contributed by atoms with Gasteiger partial charge in [0.15, 0.2) is 0 Å². The summed E-state index contributed by atoms with van der Waals surface area (Å²) in [4.78, 5) is 4.36. The van der Waals surface area contributed by atoms with Crippen molar-refractivity contribution in [3.8, 4) is 0 Å². The van der Waals surface area contributed by atoms with Crippen molar-refractivity contribution in [2.45, 2.75) is 19.4 Å². The van der Waals surface area contributed by atoms with Crippen LogP contribution in [0.4, 0.5) is 0 Å². The molecule has 0 spiro atoms. The van der Waals surface area contributed by atoms with E-state index in [1.54, 1.807) is 0 Å². The van der Waals surface area contributed by atoms with Gasteiger partial charge in [-0.25, -0.2) is 0 Å². The van der Waals surface area contributed by atoms with E-state index in [0.29, 0.717) is 6.04 Å². The van der Waals surface area contributed by atoms with Crippen LogP contribution in [0.1, 0.15) is 25.1 Å². The number of rotatable bonds is 4. The van der Waals surface area contributed by atoms with Crippen molar-refractivity contribution in [3.05, 3.63) is 30.1 Å². The number of hydrogen-bond acceptors (Lipinski definition) is 3. The number of pyridine rings is 1. The summed E-state index contributed by atoms with van der Waals surface area (Å²) in [6, 6.07) is 6.47. The minimum atomic E-state index is 0.372.